The van der Waals surface area contributed by atoms with Crippen LogP contribution in [0.15, 0.2) is 24.4 Å². The van der Waals surface area contributed by atoms with Gasteiger partial charge in [-0.3, -0.25) is 9.48 Å². The number of nitriles is 1. The van der Waals surface area contributed by atoms with Gasteiger partial charge in [0.15, 0.2) is 0 Å². The van der Waals surface area contributed by atoms with E-state index in [2.05, 4.69) is 11.2 Å². The van der Waals surface area contributed by atoms with Crippen molar-refractivity contribution < 1.29 is 9.53 Å². The number of esters is 1. The molecule has 0 fully saturated rings. The molecule has 1 heterocycles. The minimum Gasteiger partial charge on any atom is -0.466 e. The molecule has 2 aromatic rings. The summed E-state index contributed by atoms with van der Waals surface area (Å²) in [4.78, 5) is 11.9. The Morgan fingerprint density at radius 2 is 2.24 bits per heavy atom. The van der Waals surface area contributed by atoms with Gasteiger partial charge >= 0.3 is 5.97 Å². The molecular formula is C16H19N3O2. The number of fused-ring (bicyclic) bond motifs is 1. The Morgan fingerprint density at radius 3 is 2.90 bits per heavy atom. The van der Waals surface area contributed by atoms with Crippen LogP contribution >= 0.6 is 0 Å². The number of aromatic nitrogens is 2. The summed E-state index contributed by atoms with van der Waals surface area (Å²) in [6.07, 6.45) is 2.32. The molecule has 2 rings (SSSR count). The number of carbonyl (C=O) groups is 1. The highest BCUT2D eigenvalue weighted by Gasteiger charge is 2.29. The zero-order valence-corrected chi connectivity index (χ0v) is 12.6. The number of aryl methyl sites for hydroxylation is 1. The van der Waals surface area contributed by atoms with Crippen molar-refractivity contribution in [2.45, 2.75) is 33.7 Å². The third kappa shape index (κ3) is 3.05. The second kappa shape index (κ2) is 5.96. The van der Waals surface area contributed by atoms with E-state index in [1.54, 1.807) is 19.2 Å². The fraction of sp³-hybridized carbons (Fsp3) is 0.438. The summed E-state index contributed by atoms with van der Waals surface area (Å²) >= 11 is 0. The molecule has 0 aliphatic rings. The Labute approximate surface area is 124 Å². The second-order valence-electron chi connectivity index (χ2n) is 5.57. The van der Waals surface area contributed by atoms with Crippen molar-refractivity contribution in [1.29, 1.82) is 5.26 Å². The lowest BCUT2D eigenvalue weighted by Gasteiger charge is -2.22. The Morgan fingerprint density at radius 1 is 1.48 bits per heavy atom. The average molecular weight is 285 g/mol. The lowest BCUT2D eigenvalue weighted by molar-refractivity contribution is -0.153. The molecule has 0 amide bonds. The van der Waals surface area contributed by atoms with E-state index in [1.165, 1.54) is 0 Å². The monoisotopic (exact) mass is 285 g/mol. The van der Waals surface area contributed by atoms with E-state index in [9.17, 15) is 4.79 Å². The zero-order valence-electron chi connectivity index (χ0n) is 12.6. The summed E-state index contributed by atoms with van der Waals surface area (Å²) in [6, 6.07) is 7.71. The lowest BCUT2D eigenvalue weighted by Crippen LogP contribution is -2.28. The molecule has 5 heteroatoms. The van der Waals surface area contributed by atoms with Crippen molar-refractivity contribution in [1.82, 2.24) is 9.78 Å². The maximum absolute atomic E-state index is 11.9. The van der Waals surface area contributed by atoms with Crippen LogP contribution < -0.4 is 0 Å². The zero-order chi connectivity index (χ0) is 15.5. The van der Waals surface area contributed by atoms with Gasteiger partial charge in [0.05, 0.1) is 35.4 Å². The molecule has 0 bridgehead atoms. The normalized spacial score (nSPS) is 11.3. The van der Waals surface area contributed by atoms with Crippen molar-refractivity contribution in [3.8, 4) is 6.07 Å². The van der Waals surface area contributed by atoms with Crippen molar-refractivity contribution in [3.63, 3.8) is 0 Å². The maximum Gasteiger partial charge on any atom is 0.311 e. The maximum atomic E-state index is 11.9. The molecule has 0 spiro atoms. The number of hydrogen-bond acceptors (Lipinski definition) is 4. The van der Waals surface area contributed by atoms with Crippen LogP contribution in [-0.4, -0.2) is 22.4 Å². The van der Waals surface area contributed by atoms with Gasteiger partial charge in [-0.2, -0.15) is 10.4 Å². The molecule has 0 saturated carbocycles. The number of carbonyl (C=O) groups excluding carboxylic acids is 1. The molecule has 110 valence electrons. The van der Waals surface area contributed by atoms with E-state index < -0.39 is 5.41 Å². The van der Waals surface area contributed by atoms with Crippen molar-refractivity contribution in [2.75, 3.05) is 6.61 Å². The first-order chi connectivity index (χ1) is 9.99. The van der Waals surface area contributed by atoms with E-state index in [1.807, 2.05) is 30.7 Å². The van der Waals surface area contributed by atoms with Crippen LogP contribution in [0.1, 0.15) is 32.8 Å². The number of rotatable bonds is 5. The number of hydrogen-bond donors (Lipinski definition) is 0. The van der Waals surface area contributed by atoms with Crippen molar-refractivity contribution in [3.05, 3.63) is 30.0 Å². The fourth-order valence-electron chi connectivity index (χ4n) is 2.19. The Kier molecular flexibility index (Phi) is 4.27. The first kappa shape index (κ1) is 15.0. The van der Waals surface area contributed by atoms with Gasteiger partial charge in [-0.05, 0) is 39.3 Å². The largest absolute Gasteiger partial charge is 0.466 e. The quantitative estimate of drug-likeness (QED) is 0.792. The molecule has 0 unspecified atom stereocenters. The second-order valence-corrected chi connectivity index (χ2v) is 5.57. The van der Waals surface area contributed by atoms with Gasteiger partial charge in [0, 0.05) is 11.9 Å². The van der Waals surface area contributed by atoms with Crippen molar-refractivity contribution >= 4 is 16.9 Å². The van der Waals surface area contributed by atoms with Gasteiger partial charge in [0.2, 0.25) is 0 Å². The van der Waals surface area contributed by atoms with E-state index in [0.717, 1.165) is 10.9 Å². The standard InChI is InChI=1S/C16H19N3O2/c1-4-21-15(20)16(2,3)8-9-19-14-7-5-6-12(10-17)13(14)11-18-19/h5-7,11H,4,8-9H2,1-3H3. The average Bonchev–Trinajstić information content (AvgIpc) is 2.88. The summed E-state index contributed by atoms with van der Waals surface area (Å²) in [5.41, 5.74) is 0.971. The van der Waals surface area contributed by atoms with Gasteiger partial charge < -0.3 is 4.74 Å². The van der Waals surface area contributed by atoms with E-state index >= 15 is 0 Å². The highest BCUT2D eigenvalue weighted by Crippen LogP contribution is 2.25. The van der Waals surface area contributed by atoms with Crippen LogP contribution in [0.5, 0.6) is 0 Å². The minimum absolute atomic E-state index is 0.195. The Hall–Kier alpha value is -2.35. The number of benzene rings is 1. The van der Waals surface area contributed by atoms with Crippen LogP contribution in [0.3, 0.4) is 0 Å². The van der Waals surface area contributed by atoms with E-state index in [-0.39, 0.29) is 5.97 Å². The van der Waals surface area contributed by atoms with Gasteiger partial charge in [-0.1, -0.05) is 6.07 Å². The minimum atomic E-state index is -0.554. The summed E-state index contributed by atoms with van der Waals surface area (Å²) in [7, 11) is 0. The van der Waals surface area contributed by atoms with Gasteiger partial charge in [-0.25, -0.2) is 0 Å². The van der Waals surface area contributed by atoms with Crippen LogP contribution in [0, 0.1) is 16.7 Å². The topological polar surface area (TPSA) is 67.9 Å². The molecule has 0 atom stereocenters. The molecule has 21 heavy (non-hydrogen) atoms. The first-order valence-corrected chi connectivity index (χ1v) is 7.01. The molecule has 0 N–H and O–H groups in total. The first-order valence-electron chi connectivity index (χ1n) is 7.01. The SMILES string of the molecule is CCOC(=O)C(C)(C)CCn1ncc2c(C#N)cccc21. The summed E-state index contributed by atoms with van der Waals surface area (Å²) < 4.78 is 6.92. The highest BCUT2D eigenvalue weighted by molar-refractivity contribution is 5.84. The van der Waals surface area contributed by atoms with Crippen molar-refractivity contribution in [2.24, 2.45) is 5.41 Å². The van der Waals surface area contributed by atoms with Crippen LogP contribution in [-0.2, 0) is 16.1 Å². The lowest BCUT2D eigenvalue weighted by atomic mass is 9.89. The smallest absolute Gasteiger partial charge is 0.311 e. The van der Waals surface area contributed by atoms with Gasteiger partial charge in [-0.15, -0.1) is 0 Å². The fourth-order valence-corrected chi connectivity index (χ4v) is 2.19. The Balaban J connectivity index is 2.18. The predicted molar refractivity (Wildman–Crippen MR) is 79.5 cm³/mol. The van der Waals surface area contributed by atoms with Gasteiger partial charge in [0.25, 0.3) is 0 Å². The molecule has 0 radical (unpaired) electrons. The van der Waals surface area contributed by atoms with E-state index in [4.69, 9.17) is 10.00 Å². The summed E-state index contributed by atoms with van der Waals surface area (Å²) in [6.45, 7) is 6.54. The number of ether oxygens (including phenoxy) is 1. The van der Waals surface area contributed by atoms with Crippen LogP contribution in [0.2, 0.25) is 0 Å². The summed E-state index contributed by atoms with van der Waals surface area (Å²) in [5, 5.41) is 14.3. The Bertz CT molecular complexity index is 695. The molecule has 0 aliphatic heterocycles. The van der Waals surface area contributed by atoms with E-state index in [0.29, 0.717) is 25.1 Å². The van der Waals surface area contributed by atoms with Crippen LogP contribution in [0.25, 0.3) is 10.9 Å². The van der Waals surface area contributed by atoms with Crippen LogP contribution in [0.4, 0.5) is 0 Å². The highest BCUT2D eigenvalue weighted by atomic mass is 16.5. The molecule has 0 saturated heterocycles. The molecule has 0 aliphatic carbocycles. The molecule has 1 aromatic carbocycles. The predicted octanol–water partition coefficient (Wildman–Crippen LogP) is 2.89. The van der Waals surface area contributed by atoms with Gasteiger partial charge in [0.1, 0.15) is 0 Å². The number of nitrogens with zero attached hydrogens (tertiary/aromatic N) is 3. The third-order valence-electron chi connectivity index (χ3n) is 3.58. The molecular weight excluding hydrogens is 266 g/mol. The molecule has 5 nitrogen and oxygen atoms in total. The molecule has 1 aromatic heterocycles. The third-order valence-corrected chi connectivity index (χ3v) is 3.58. The summed E-state index contributed by atoms with van der Waals surface area (Å²) in [5.74, 6) is -0.195.